The first kappa shape index (κ1) is 13.7. The zero-order valence-corrected chi connectivity index (χ0v) is 10.6. The number of carbonyl (C=O) groups excluding carboxylic acids is 1. The molecule has 0 spiro atoms. The lowest BCUT2D eigenvalue weighted by molar-refractivity contribution is -0.385. The van der Waals surface area contributed by atoms with Gasteiger partial charge < -0.3 is 5.32 Å². The monoisotopic (exact) mass is 274 g/mol. The third kappa shape index (κ3) is 2.64. The van der Waals surface area contributed by atoms with Gasteiger partial charge in [-0.05, 0) is 25.1 Å². The molecule has 1 amide bonds. The van der Waals surface area contributed by atoms with E-state index in [0.29, 0.717) is 5.56 Å². The van der Waals surface area contributed by atoms with Crippen molar-refractivity contribution in [2.24, 2.45) is 0 Å². The van der Waals surface area contributed by atoms with Crippen LogP contribution in [0, 0.1) is 22.9 Å². The fourth-order valence-electron chi connectivity index (χ4n) is 1.84. The maximum Gasteiger partial charge on any atom is 0.285 e. The molecule has 1 N–H and O–H groups in total. The fourth-order valence-corrected chi connectivity index (χ4v) is 1.84. The van der Waals surface area contributed by atoms with Gasteiger partial charge in [0.05, 0.1) is 10.6 Å². The Hall–Kier alpha value is -2.76. The molecule has 0 saturated heterocycles. The van der Waals surface area contributed by atoms with Crippen molar-refractivity contribution in [1.82, 2.24) is 0 Å². The summed E-state index contributed by atoms with van der Waals surface area (Å²) < 4.78 is 13.5. The third-order valence-corrected chi connectivity index (χ3v) is 2.79. The Kier molecular flexibility index (Phi) is 3.74. The molecule has 102 valence electrons. The number of anilines is 1. The van der Waals surface area contributed by atoms with E-state index in [-0.39, 0.29) is 16.9 Å². The molecule has 0 saturated carbocycles. The maximum absolute atomic E-state index is 13.5. The molecular weight excluding hydrogens is 263 g/mol. The van der Waals surface area contributed by atoms with Gasteiger partial charge in [-0.2, -0.15) is 0 Å². The van der Waals surface area contributed by atoms with Crippen molar-refractivity contribution in [2.45, 2.75) is 6.92 Å². The van der Waals surface area contributed by atoms with Crippen LogP contribution in [-0.4, -0.2) is 10.8 Å². The summed E-state index contributed by atoms with van der Waals surface area (Å²) in [5.74, 6) is -1.32. The van der Waals surface area contributed by atoms with Crippen molar-refractivity contribution in [3.8, 4) is 0 Å². The predicted octanol–water partition coefficient (Wildman–Crippen LogP) is 3.29. The molecule has 0 fully saturated rings. The lowest BCUT2D eigenvalue weighted by Gasteiger charge is -2.07. The molecule has 0 unspecified atom stereocenters. The number of para-hydroxylation sites is 2. The van der Waals surface area contributed by atoms with Crippen LogP contribution in [-0.2, 0) is 0 Å². The number of nitrogens with zero attached hydrogens (tertiary/aromatic N) is 1. The van der Waals surface area contributed by atoms with Gasteiger partial charge in [0.15, 0.2) is 0 Å². The molecule has 0 bridgehead atoms. The SMILES string of the molecule is Cc1cccc(C(=O)Nc2ccccc2F)c1[N+](=O)[O-]. The van der Waals surface area contributed by atoms with Crippen molar-refractivity contribution in [3.05, 3.63) is 69.5 Å². The Labute approximate surface area is 114 Å². The largest absolute Gasteiger partial charge is 0.319 e. The van der Waals surface area contributed by atoms with E-state index in [1.54, 1.807) is 12.1 Å². The highest BCUT2D eigenvalue weighted by molar-refractivity contribution is 6.07. The molecule has 0 aliphatic carbocycles. The highest BCUT2D eigenvalue weighted by Crippen LogP contribution is 2.24. The third-order valence-electron chi connectivity index (χ3n) is 2.79. The molecule has 2 aromatic carbocycles. The van der Waals surface area contributed by atoms with E-state index in [1.165, 1.54) is 37.3 Å². The number of rotatable bonds is 3. The number of nitro groups is 1. The first-order chi connectivity index (χ1) is 9.50. The average molecular weight is 274 g/mol. The Morgan fingerprint density at radius 3 is 2.55 bits per heavy atom. The lowest BCUT2D eigenvalue weighted by atomic mass is 10.1. The van der Waals surface area contributed by atoms with Gasteiger partial charge in [0.1, 0.15) is 11.4 Å². The molecule has 20 heavy (non-hydrogen) atoms. The highest BCUT2D eigenvalue weighted by atomic mass is 19.1. The lowest BCUT2D eigenvalue weighted by Crippen LogP contribution is -2.15. The minimum absolute atomic E-state index is 0.0201. The van der Waals surface area contributed by atoms with Crippen molar-refractivity contribution in [2.75, 3.05) is 5.32 Å². The molecular formula is C14H11FN2O3. The summed E-state index contributed by atoms with van der Waals surface area (Å²) in [7, 11) is 0. The van der Waals surface area contributed by atoms with Gasteiger partial charge in [-0.1, -0.05) is 24.3 Å². The van der Waals surface area contributed by atoms with Crippen LogP contribution in [0.3, 0.4) is 0 Å². The van der Waals surface area contributed by atoms with Gasteiger partial charge in [-0.3, -0.25) is 14.9 Å². The highest BCUT2D eigenvalue weighted by Gasteiger charge is 2.22. The van der Waals surface area contributed by atoms with Crippen LogP contribution in [0.4, 0.5) is 15.8 Å². The Morgan fingerprint density at radius 1 is 1.20 bits per heavy atom. The van der Waals surface area contributed by atoms with Crippen LogP contribution in [0.1, 0.15) is 15.9 Å². The number of amides is 1. The number of hydrogen-bond acceptors (Lipinski definition) is 3. The summed E-state index contributed by atoms with van der Waals surface area (Å²) in [6.45, 7) is 1.54. The van der Waals surface area contributed by atoms with E-state index < -0.39 is 16.6 Å². The van der Waals surface area contributed by atoms with Crippen molar-refractivity contribution in [1.29, 1.82) is 0 Å². The van der Waals surface area contributed by atoms with Crippen molar-refractivity contribution < 1.29 is 14.1 Å². The smallest absolute Gasteiger partial charge is 0.285 e. The van der Waals surface area contributed by atoms with E-state index >= 15 is 0 Å². The van der Waals surface area contributed by atoms with E-state index in [9.17, 15) is 19.3 Å². The maximum atomic E-state index is 13.5. The second kappa shape index (κ2) is 5.48. The van der Waals surface area contributed by atoms with E-state index in [2.05, 4.69) is 5.32 Å². The molecule has 0 atom stereocenters. The normalized spacial score (nSPS) is 10.1. The second-order valence-electron chi connectivity index (χ2n) is 4.16. The summed E-state index contributed by atoms with van der Waals surface area (Å²) >= 11 is 0. The number of hydrogen-bond donors (Lipinski definition) is 1. The number of nitrogens with one attached hydrogen (secondary N) is 1. The van der Waals surface area contributed by atoms with Crippen LogP contribution < -0.4 is 5.32 Å². The molecule has 0 aliphatic heterocycles. The molecule has 0 heterocycles. The number of nitro benzene ring substituents is 1. The molecule has 0 aromatic heterocycles. The van der Waals surface area contributed by atoms with E-state index in [4.69, 9.17) is 0 Å². The second-order valence-corrected chi connectivity index (χ2v) is 4.16. The minimum Gasteiger partial charge on any atom is -0.319 e. The van der Waals surface area contributed by atoms with Gasteiger partial charge in [0.2, 0.25) is 0 Å². The van der Waals surface area contributed by atoms with E-state index in [1.807, 2.05) is 0 Å². The Balaban J connectivity index is 2.38. The van der Waals surface area contributed by atoms with Gasteiger partial charge in [-0.15, -0.1) is 0 Å². The average Bonchev–Trinajstić information content (AvgIpc) is 2.40. The zero-order chi connectivity index (χ0) is 14.7. The predicted molar refractivity (Wildman–Crippen MR) is 72.2 cm³/mol. The Bertz CT molecular complexity index is 686. The Morgan fingerprint density at radius 2 is 1.90 bits per heavy atom. The molecule has 0 radical (unpaired) electrons. The van der Waals surface area contributed by atoms with Crippen molar-refractivity contribution >= 4 is 17.3 Å². The standard InChI is InChI=1S/C14H11FN2O3/c1-9-5-4-6-10(13(9)17(19)20)14(18)16-12-8-3-2-7-11(12)15/h2-8H,1H3,(H,16,18). The zero-order valence-electron chi connectivity index (χ0n) is 10.6. The van der Waals surface area contributed by atoms with Crippen LogP contribution in [0.25, 0.3) is 0 Å². The van der Waals surface area contributed by atoms with Gasteiger partial charge in [0.25, 0.3) is 11.6 Å². The van der Waals surface area contributed by atoms with Crippen LogP contribution in [0.2, 0.25) is 0 Å². The molecule has 2 rings (SSSR count). The fraction of sp³-hybridized carbons (Fsp3) is 0.0714. The number of halogens is 1. The van der Waals surface area contributed by atoms with Crippen LogP contribution >= 0.6 is 0 Å². The molecule has 5 nitrogen and oxygen atoms in total. The summed E-state index contributed by atoms with van der Waals surface area (Å²) in [5, 5.41) is 13.3. The topological polar surface area (TPSA) is 72.2 Å². The minimum atomic E-state index is -0.717. The number of aryl methyl sites for hydroxylation is 1. The number of benzene rings is 2. The summed E-state index contributed by atoms with van der Waals surface area (Å²) in [4.78, 5) is 22.5. The summed E-state index contributed by atoms with van der Waals surface area (Å²) in [5.41, 5.74) is -0.0240. The van der Waals surface area contributed by atoms with Crippen molar-refractivity contribution in [3.63, 3.8) is 0 Å². The van der Waals surface area contributed by atoms with Gasteiger partial charge >= 0.3 is 0 Å². The summed E-state index contributed by atoms with van der Waals surface area (Å²) in [6, 6.07) is 10.0. The molecule has 6 heteroatoms. The molecule has 0 aliphatic rings. The van der Waals surface area contributed by atoms with Gasteiger partial charge in [-0.25, -0.2) is 4.39 Å². The van der Waals surface area contributed by atoms with Crippen LogP contribution in [0.5, 0.6) is 0 Å². The first-order valence-corrected chi connectivity index (χ1v) is 5.80. The van der Waals surface area contributed by atoms with Gasteiger partial charge in [0, 0.05) is 5.56 Å². The van der Waals surface area contributed by atoms with Crippen LogP contribution in [0.15, 0.2) is 42.5 Å². The first-order valence-electron chi connectivity index (χ1n) is 5.80. The van der Waals surface area contributed by atoms with E-state index in [0.717, 1.165) is 0 Å². The number of carbonyl (C=O) groups is 1. The quantitative estimate of drug-likeness (QED) is 0.689. The molecule has 2 aromatic rings. The summed E-state index contributed by atoms with van der Waals surface area (Å²) in [6.07, 6.45) is 0.